The van der Waals surface area contributed by atoms with Crippen LogP contribution in [0.4, 0.5) is 0 Å². The number of hydrogen-bond donors (Lipinski definition) is 1. The molecule has 1 aromatic rings. The fourth-order valence-electron chi connectivity index (χ4n) is 2.58. The van der Waals surface area contributed by atoms with Gasteiger partial charge in [-0.05, 0) is 20.8 Å². The van der Waals surface area contributed by atoms with Crippen molar-refractivity contribution in [3.8, 4) is 0 Å². The number of nitrogens with zero attached hydrogens (tertiary/aromatic N) is 1. The van der Waals surface area contributed by atoms with Gasteiger partial charge in [0.15, 0.2) is 0 Å². The van der Waals surface area contributed by atoms with Crippen LogP contribution in [0.5, 0.6) is 0 Å². The third kappa shape index (κ3) is 6.75. The van der Waals surface area contributed by atoms with Gasteiger partial charge in [0.05, 0.1) is 19.6 Å². The summed E-state index contributed by atoms with van der Waals surface area (Å²) < 4.78 is 1.06. The highest BCUT2D eigenvalue weighted by atomic mass is 79.9. The zero-order valence-electron chi connectivity index (χ0n) is 14.1. The first-order chi connectivity index (χ1) is 10.0. The van der Waals surface area contributed by atoms with E-state index in [4.69, 9.17) is 0 Å². The molecule has 0 aliphatic carbocycles. The number of benzene rings is 1. The lowest BCUT2D eigenvalue weighted by Crippen LogP contribution is -3.00. The fraction of sp³-hybridized carbons (Fsp3) is 0.500. The second-order valence-corrected chi connectivity index (χ2v) is 5.73. The van der Waals surface area contributed by atoms with Gasteiger partial charge in [-0.15, -0.1) is 0 Å². The van der Waals surface area contributed by atoms with Crippen molar-refractivity contribution in [3.63, 3.8) is 0 Å². The minimum atomic E-state index is -0.0378. The van der Waals surface area contributed by atoms with Crippen LogP contribution in [0.3, 0.4) is 0 Å². The van der Waals surface area contributed by atoms with Crippen LogP contribution in [0.2, 0.25) is 0 Å². The molecule has 0 unspecified atom stereocenters. The van der Waals surface area contributed by atoms with E-state index in [0.717, 1.165) is 43.6 Å². The number of nitrogens with one attached hydrogen (secondary N) is 1. The number of hydrogen-bond acceptors (Lipinski definition) is 1. The molecule has 0 spiro atoms. The first kappa shape index (κ1) is 20.9. The summed E-state index contributed by atoms with van der Waals surface area (Å²) in [5.41, 5.74) is 1.96. The number of carbonyl (C=O) groups is 1. The number of carbonyl (C=O) groups excluding carboxylic acids is 1. The molecule has 3 nitrogen and oxygen atoms in total. The van der Waals surface area contributed by atoms with Crippen LogP contribution in [0, 0.1) is 0 Å². The Morgan fingerprint density at radius 3 is 2.27 bits per heavy atom. The van der Waals surface area contributed by atoms with Crippen LogP contribution >= 0.6 is 0 Å². The van der Waals surface area contributed by atoms with E-state index in [1.807, 2.05) is 0 Å². The van der Waals surface area contributed by atoms with Gasteiger partial charge in [0.1, 0.15) is 6.54 Å². The lowest BCUT2D eigenvalue weighted by atomic mass is 10.1. The summed E-state index contributed by atoms with van der Waals surface area (Å²) in [4.78, 5) is 11.5. The topological polar surface area (TPSA) is 29.1 Å². The van der Waals surface area contributed by atoms with Gasteiger partial charge < -0.3 is 26.8 Å². The molecule has 0 aromatic heterocycles. The van der Waals surface area contributed by atoms with Crippen LogP contribution in [-0.4, -0.2) is 36.6 Å². The van der Waals surface area contributed by atoms with Gasteiger partial charge in [-0.3, -0.25) is 4.79 Å². The summed E-state index contributed by atoms with van der Waals surface area (Å²) in [6.45, 7) is 15.0. The molecule has 1 amide bonds. The molecule has 0 aliphatic heterocycles. The molecule has 1 rings (SSSR count). The maximum Gasteiger partial charge on any atom is 0.246 e. The van der Waals surface area contributed by atoms with E-state index in [2.05, 4.69) is 56.1 Å². The Kier molecular flexibility index (Phi) is 10.0. The van der Waals surface area contributed by atoms with Crippen LogP contribution in [-0.2, 0) is 11.3 Å². The summed E-state index contributed by atoms with van der Waals surface area (Å²) in [6, 6.07) is 10.6. The molecule has 1 aromatic carbocycles. The van der Waals surface area contributed by atoms with E-state index in [1.165, 1.54) is 5.56 Å². The number of amides is 1. The molecule has 124 valence electrons. The van der Waals surface area contributed by atoms with Gasteiger partial charge in [0, 0.05) is 24.1 Å². The van der Waals surface area contributed by atoms with Crippen LogP contribution in [0.1, 0.15) is 32.8 Å². The van der Waals surface area contributed by atoms with Crippen LogP contribution < -0.4 is 22.3 Å². The predicted octanol–water partition coefficient (Wildman–Crippen LogP) is 0.130. The maximum absolute atomic E-state index is 11.5. The van der Waals surface area contributed by atoms with E-state index < -0.39 is 0 Å². The largest absolute Gasteiger partial charge is 1.00 e. The Morgan fingerprint density at radius 1 is 1.18 bits per heavy atom. The number of rotatable bonds is 9. The van der Waals surface area contributed by atoms with Crippen molar-refractivity contribution >= 4 is 5.91 Å². The zero-order valence-corrected chi connectivity index (χ0v) is 15.7. The molecular formula is C18H29BrN2O. The average Bonchev–Trinajstić information content (AvgIpc) is 2.51. The highest BCUT2D eigenvalue weighted by Crippen LogP contribution is 2.15. The Morgan fingerprint density at radius 2 is 1.77 bits per heavy atom. The summed E-state index contributed by atoms with van der Waals surface area (Å²) in [7, 11) is 0. The average molecular weight is 369 g/mol. The van der Waals surface area contributed by atoms with Crippen molar-refractivity contribution in [2.24, 2.45) is 0 Å². The van der Waals surface area contributed by atoms with Gasteiger partial charge in [-0.2, -0.15) is 0 Å². The van der Waals surface area contributed by atoms with E-state index in [0.29, 0.717) is 5.57 Å². The smallest absolute Gasteiger partial charge is 0.246 e. The molecule has 4 heteroatoms. The number of quaternary nitrogens is 1. The highest BCUT2D eigenvalue weighted by molar-refractivity contribution is 5.91. The third-order valence-electron chi connectivity index (χ3n) is 4.18. The quantitative estimate of drug-likeness (QED) is 0.374. The fourth-order valence-corrected chi connectivity index (χ4v) is 2.58. The van der Waals surface area contributed by atoms with Gasteiger partial charge >= 0.3 is 0 Å². The van der Waals surface area contributed by atoms with Gasteiger partial charge in [0.2, 0.25) is 5.91 Å². The molecule has 1 N–H and O–H groups in total. The van der Waals surface area contributed by atoms with Crippen molar-refractivity contribution in [3.05, 3.63) is 48.0 Å². The van der Waals surface area contributed by atoms with Gasteiger partial charge in [-0.25, -0.2) is 0 Å². The van der Waals surface area contributed by atoms with Gasteiger partial charge in [-0.1, -0.05) is 36.9 Å². The molecule has 0 saturated heterocycles. The first-order valence-corrected chi connectivity index (χ1v) is 7.85. The summed E-state index contributed by atoms with van der Waals surface area (Å²) in [6.07, 6.45) is 0.994. The van der Waals surface area contributed by atoms with E-state index >= 15 is 0 Å². The summed E-state index contributed by atoms with van der Waals surface area (Å²) >= 11 is 0. The second kappa shape index (κ2) is 10.6. The molecule has 0 aliphatic rings. The maximum atomic E-state index is 11.5. The lowest BCUT2D eigenvalue weighted by molar-refractivity contribution is -0.937. The lowest BCUT2D eigenvalue weighted by Gasteiger charge is -2.37. The zero-order chi connectivity index (χ0) is 15.7. The minimum Gasteiger partial charge on any atom is -1.00 e. The Hall–Kier alpha value is -1.13. The highest BCUT2D eigenvalue weighted by Gasteiger charge is 2.23. The van der Waals surface area contributed by atoms with Crippen molar-refractivity contribution in [2.75, 3.05) is 26.2 Å². The summed E-state index contributed by atoms with van der Waals surface area (Å²) in [5, 5.41) is 2.92. The first-order valence-electron chi connectivity index (χ1n) is 7.85. The van der Waals surface area contributed by atoms with E-state index in [-0.39, 0.29) is 22.9 Å². The molecular weight excluding hydrogens is 340 g/mol. The molecule has 22 heavy (non-hydrogen) atoms. The Labute approximate surface area is 145 Å². The van der Waals surface area contributed by atoms with Crippen LogP contribution in [0.25, 0.3) is 0 Å². The third-order valence-corrected chi connectivity index (χ3v) is 4.18. The van der Waals surface area contributed by atoms with E-state index in [1.54, 1.807) is 6.92 Å². The van der Waals surface area contributed by atoms with Crippen molar-refractivity contribution in [2.45, 2.75) is 33.7 Å². The minimum absolute atomic E-state index is 0. The predicted molar refractivity (Wildman–Crippen MR) is 88.8 cm³/mol. The van der Waals surface area contributed by atoms with Crippen molar-refractivity contribution < 1.29 is 26.3 Å². The molecule has 0 radical (unpaired) electrons. The molecule has 0 heterocycles. The number of halogens is 1. The van der Waals surface area contributed by atoms with Gasteiger partial charge in [0.25, 0.3) is 0 Å². The monoisotopic (exact) mass is 368 g/mol. The molecule has 0 atom stereocenters. The standard InChI is InChI=1S/C18H28N2O.BrH/c1-5-20(6-2,15-17-11-8-7-9-12-17)14-10-13-19-18(21)16(3)4;/h7-9,11-12H,3,5-6,10,13-15H2,1-2,4H3;1H. The second-order valence-electron chi connectivity index (χ2n) is 5.73. The molecule has 0 saturated carbocycles. The Balaban J connectivity index is 0.00000441. The van der Waals surface area contributed by atoms with Crippen molar-refractivity contribution in [1.82, 2.24) is 5.32 Å². The molecule has 0 bridgehead atoms. The van der Waals surface area contributed by atoms with Crippen molar-refractivity contribution in [1.29, 1.82) is 0 Å². The normalized spacial score (nSPS) is 10.7. The Bertz CT molecular complexity index is 455. The summed E-state index contributed by atoms with van der Waals surface area (Å²) in [5.74, 6) is -0.0378. The SMILES string of the molecule is C=C(C)C(=O)NCCC[N+](CC)(CC)Cc1ccccc1.[Br-]. The van der Waals surface area contributed by atoms with Crippen LogP contribution in [0.15, 0.2) is 42.5 Å². The van der Waals surface area contributed by atoms with E-state index in [9.17, 15) is 4.79 Å². The molecule has 0 fully saturated rings.